The van der Waals surface area contributed by atoms with Crippen molar-refractivity contribution in [2.75, 3.05) is 0 Å². The first-order chi connectivity index (χ1) is 15.3. The number of benzene rings is 2. The normalized spacial score (nSPS) is 13.3. The largest absolute Gasteiger partial charge is 0.481 e. The van der Waals surface area contributed by atoms with Crippen LogP contribution in [0.4, 0.5) is 4.39 Å². The summed E-state index contributed by atoms with van der Waals surface area (Å²) < 4.78 is 16.2. The van der Waals surface area contributed by atoms with Crippen molar-refractivity contribution >= 4 is 5.97 Å². The molecule has 0 aliphatic rings. The molecule has 3 rings (SSSR count). The van der Waals surface area contributed by atoms with Crippen LogP contribution in [0.25, 0.3) is 22.4 Å². The average Bonchev–Trinajstić information content (AvgIpc) is 3.12. The van der Waals surface area contributed by atoms with Gasteiger partial charge in [0.1, 0.15) is 5.82 Å². The van der Waals surface area contributed by atoms with Gasteiger partial charge < -0.3 is 19.9 Å². The number of halogens is 1. The number of aliphatic hydroxyl groups excluding tert-OH is 2. The SMILES string of the molecule is CC(C)c1cc(-c2ccccc2)c(-c2cccc(F)c2)n1CC[C@@H](O)C[C@@H](O)CC(=O)O. The topological polar surface area (TPSA) is 82.7 Å². The van der Waals surface area contributed by atoms with Crippen LogP contribution in [-0.4, -0.2) is 38.1 Å². The molecule has 0 spiro atoms. The zero-order chi connectivity index (χ0) is 23.3. The van der Waals surface area contributed by atoms with Crippen LogP contribution in [0.2, 0.25) is 0 Å². The van der Waals surface area contributed by atoms with E-state index in [0.29, 0.717) is 13.0 Å². The Bertz CT molecular complexity index is 1050. The van der Waals surface area contributed by atoms with Crippen molar-refractivity contribution in [2.24, 2.45) is 0 Å². The molecule has 0 saturated heterocycles. The van der Waals surface area contributed by atoms with Crippen LogP contribution in [0.3, 0.4) is 0 Å². The van der Waals surface area contributed by atoms with E-state index in [1.54, 1.807) is 6.07 Å². The molecular weight excluding hydrogens is 409 g/mol. The van der Waals surface area contributed by atoms with Gasteiger partial charge in [-0.15, -0.1) is 0 Å². The number of carboxylic acids is 1. The Morgan fingerprint density at radius 3 is 2.28 bits per heavy atom. The van der Waals surface area contributed by atoms with Crippen LogP contribution in [0, 0.1) is 5.82 Å². The molecule has 0 unspecified atom stereocenters. The molecule has 32 heavy (non-hydrogen) atoms. The highest BCUT2D eigenvalue weighted by Crippen LogP contribution is 2.38. The number of aromatic nitrogens is 1. The second-order valence-corrected chi connectivity index (χ2v) is 8.44. The maximum atomic E-state index is 14.1. The second kappa shape index (κ2) is 10.6. The maximum Gasteiger partial charge on any atom is 0.305 e. The van der Waals surface area contributed by atoms with Gasteiger partial charge in [0.05, 0.1) is 24.3 Å². The standard InChI is InChI=1S/C26H30FNO4/c1-17(2)24-16-23(18-7-4-3-5-8-18)26(19-9-6-10-20(27)13-19)28(24)12-11-21(29)14-22(30)15-25(31)32/h3-10,13,16-17,21-22,29-30H,11-12,14-15H2,1-2H3,(H,31,32)/t21-,22-/m1/s1. The molecule has 170 valence electrons. The van der Waals surface area contributed by atoms with Gasteiger partial charge >= 0.3 is 5.97 Å². The van der Waals surface area contributed by atoms with E-state index in [2.05, 4.69) is 24.5 Å². The quantitative estimate of drug-likeness (QED) is 0.412. The zero-order valence-electron chi connectivity index (χ0n) is 18.4. The summed E-state index contributed by atoms with van der Waals surface area (Å²) in [7, 11) is 0. The van der Waals surface area contributed by atoms with Crippen LogP contribution in [-0.2, 0) is 11.3 Å². The molecule has 3 aromatic rings. The van der Waals surface area contributed by atoms with Crippen molar-refractivity contribution in [3.8, 4) is 22.4 Å². The molecule has 6 heteroatoms. The van der Waals surface area contributed by atoms with Crippen molar-refractivity contribution in [3.63, 3.8) is 0 Å². The number of nitrogens with zero attached hydrogens (tertiary/aromatic N) is 1. The second-order valence-electron chi connectivity index (χ2n) is 8.44. The fourth-order valence-electron chi connectivity index (χ4n) is 4.07. The Balaban J connectivity index is 2.00. The highest BCUT2D eigenvalue weighted by Gasteiger charge is 2.22. The highest BCUT2D eigenvalue weighted by atomic mass is 19.1. The van der Waals surface area contributed by atoms with Gasteiger partial charge in [-0.1, -0.05) is 56.3 Å². The Hall–Kier alpha value is -2.96. The van der Waals surface area contributed by atoms with Crippen molar-refractivity contribution < 1.29 is 24.5 Å². The molecule has 0 amide bonds. The van der Waals surface area contributed by atoms with E-state index < -0.39 is 24.6 Å². The lowest BCUT2D eigenvalue weighted by atomic mass is 10.0. The number of aliphatic hydroxyl groups is 2. The van der Waals surface area contributed by atoms with Gasteiger partial charge in [-0.05, 0) is 42.5 Å². The lowest BCUT2D eigenvalue weighted by Crippen LogP contribution is -2.22. The maximum absolute atomic E-state index is 14.1. The Kier molecular flexibility index (Phi) is 7.83. The van der Waals surface area contributed by atoms with Crippen LogP contribution in [0.5, 0.6) is 0 Å². The van der Waals surface area contributed by atoms with Gasteiger partial charge in [0.25, 0.3) is 0 Å². The summed E-state index contributed by atoms with van der Waals surface area (Å²) in [5.41, 5.74) is 4.68. The average molecular weight is 440 g/mol. The first-order valence-corrected chi connectivity index (χ1v) is 10.9. The van der Waals surface area contributed by atoms with Crippen molar-refractivity contribution in [2.45, 2.75) is 57.8 Å². The van der Waals surface area contributed by atoms with Gasteiger partial charge in [0.15, 0.2) is 0 Å². The van der Waals surface area contributed by atoms with E-state index in [1.165, 1.54) is 12.1 Å². The van der Waals surface area contributed by atoms with Crippen LogP contribution in [0.15, 0.2) is 60.7 Å². The number of hydrogen-bond acceptors (Lipinski definition) is 3. The molecule has 5 nitrogen and oxygen atoms in total. The van der Waals surface area contributed by atoms with Gasteiger partial charge in [-0.25, -0.2) is 4.39 Å². The number of aliphatic carboxylic acids is 1. The lowest BCUT2D eigenvalue weighted by molar-refractivity contribution is -0.139. The number of carbonyl (C=O) groups is 1. The molecule has 2 atom stereocenters. The summed E-state index contributed by atoms with van der Waals surface area (Å²) in [5.74, 6) is -1.23. The Labute approximate surface area is 187 Å². The first-order valence-electron chi connectivity index (χ1n) is 10.9. The molecule has 0 aliphatic carbocycles. The minimum atomic E-state index is -1.10. The van der Waals surface area contributed by atoms with Crippen LogP contribution >= 0.6 is 0 Å². The summed E-state index contributed by atoms with van der Waals surface area (Å²) in [6, 6.07) is 18.5. The predicted molar refractivity (Wildman–Crippen MR) is 123 cm³/mol. The van der Waals surface area contributed by atoms with E-state index in [-0.39, 0.29) is 18.2 Å². The Morgan fingerprint density at radius 2 is 1.66 bits per heavy atom. The van der Waals surface area contributed by atoms with Gasteiger partial charge in [-0.2, -0.15) is 0 Å². The summed E-state index contributed by atoms with van der Waals surface area (Å²) in [4.78, 5) is 10.8. The molecule has 2 aromatic carbocycles. The van der Waals surface area contributed by atoms with E-state index in [4.69, 9.17) is 5.11 Å². The molecule has 1 heterocycles. The number of rotatable bonds is 10. The van der Waals surface area contributed by atoms with Gasteiger partial charge in [0, 0.05) is 23.4 Å². The molecule has 0 bridgehead atoms. The summed E-state index contributed by atoms with van der Waals surface area (Å²) in [6.45, 7) is 4.62. The minimum Gasteiger partial charge on any atom is -0.481 e. The van der Waals surface area contributed by atoms with Gasteiger partial charge in [0.2, 0.25) is 0 Å². The minimum absolute atomic E-state index is 0.00851. The van der Waals surface area contributed by atoms with Crippen LogP contribution in [0.1, 0.15) is 44.7 Å². The highest BCUT2D eigenvalue weighted by molar-refractivity contribution is 5.82. The third kappa shape index (κ3) is 5.84. The van der Waals surface area contributed by atoms with E-state index in [9.17, 15) is 19.4 Å². The zero-order valence-corrected chi connectivity index (χ0v) is 18.4. The molecule has 3 N–H and O–H groups in total. The molecule has 0 aliphatic heterocycles. The van der Waals surface area contributed by atoms with E-state index in [1.807, 2.05) is 36.4 Å². The summed E-state index contributed by atoms with van der Waals surface area (Å²) >= 11 is 0. The third-order valence-electron chi connectivity index (χ3n) is 5.54. The lowest BCUT2D eigenvalue weighted by Gasteiger charge is -2.20. The monoisotopic (exact) mass is 439 g/mol. The van der Waals surface area contributed by atoms with Crippen molar-refractivity contribution in [1.82, 2.24) is 4.57 Å². The van der Waals surface area contributed by atoms with Crippen molar-refractivity contribution in [3.05, 3.63) is 72.2 Å². The molecule has 0 fully saturated rings. The predicted octanol–water partition coefficient (Wildman–Crippen LogP) is 5.06. The van der Waals surface area contributed by atoms with Gasteiger partial charge in [-0.3, -0.25) is 4.79 Å². The fraction of sp³-hybridized carbons (Fsp3) is 0.346. The summed E-state index contributed by atoms with van der Waals surface area (Å²) in [5, 5.41) is 29.1. The smallest absolute Gasteiger partial charge is 0.305 e. The molecule has 1 aromatic heterocycles. The molecular formula is C26H30FNO4. The fourth-order valence-corrected chi connectivity index (χ4v) is 4.07. The molecule has 0 saturated carbocycles. The van der Waals surface area contributed by atoms with Crippen molar-refractivity contribution in [1.29, 1.82) is 0 Å². The molecule has 0 radical (unpaired) electrons. The number of hydrogen-bond donors (Lipinski definition) is 3. The first kappa shape index (κ1) is 23.7. The van der Waals surface area contributed by atoms with E-state index in [0.717, 1.165) is 28.1 Å². The van der Waals surface area contributed by atoms with E-state index >= 15 is 0 Å². The van der Waals surface area contributed by atoms with Crippen LogP contribution < -0.4 is 0 Å². The Morgan fingerprint density at radius 1 is 0.969 bits per heavy atom. The summed E-state index contributed by atoms with van der Waals surface area (Å²) in [6.07, 6.45) is -2.02. The third-order valence-corrected chi connectivity index (χ3v) is 5.54. The number of carboxylic acid groups (broad SMARTS) is 1.